The molecule has 0 aliphatic rings. The summed E-state index contributed by atoms with van der Waals surface area (Å²) in [4.78, 5) is 33.5. The molecular weight excluding hydrogens is 444 g/mol. The lowest BCUT2D eigenvalue weighted by Crippen LogP contribution is -2.16. The van der Waals surface area contributed by atoms with Gasteiger partial charge in [0.15, 0.2) is 11.9 Å². The van der Waals surface area contributed by atoms with E-state index in [4.69, 9.17) is 9.47 Å². The highest BCUT2D eigenvalue weighted by molar-refractivity contribution is 9.10. The van der Waals surface area contributed by atoms with E-state index in [1.54, 1.807) is 26.2 Å². The summed E-state index contributed by atoms with van der Waals surface area (Å²) >= 11 is 4.84. The molecule has 3 aromatic rings. The van der Waals surface area contributed by atoms with Gasteiger partial charge in [-0.15, -0.1) is 11.3 Å². The maximum atomic E-state index is 12.4. The van der Waals surface area contributed by atoms with Gasteiger partial charge in [0.2, 0.25) is 0 Å². The van der Waals surface area contributed by atoms with Crippen molar-refractivity contribution in [1.29, 1.82) is 0 Å². The highest BCUT2D eigenvalue weighted by Crippen LogP contribution is 2.27. The lowest BCUT2D eigenvalue weighted by Gasteiger charge is -2.11. The summed E-state index contributed by atoms with van der Waals surface area (Å²) in [5.41, 5.74) is 1.44. The molecule has 0 radical (unpaired) electrons. The molecule has 3 rings (SSSR count). The van der Waals surface area contributed by atoms with Crippen LogP contribution >= 0.6 is 27.3 Å². The number of hydrogen-bond acceptors (Lipinski definition) is 6. The van der Waals surface area contributed by atoms with E-state index >= 15 is 0 Å². The number of halogens is 1. The SMILES string of the molecule is COc1ccc(Br)cc1/C=C/C(=O)OC(C)c1nc2sc(C)c(C)c2c(=O)[nH]1. The molecule has 0 spiro atoms. The fourth-order valence-corrected chi connectivity index (χ4v) is 4.14. The molecule has 6 nitrogen and oxygen atoms in total. The number of nitrogens with zero attached hydrogens (tertiary/aromatic N) is 1. The van der Waals surface area contributed by atoms with E-state index in [-0.39, 0.29) is 5.56 Å². The smallest absolute Gasteiger partial charge is 0.331 e. The molecule has 146 valence electrons. The molecule has 0 saturated heterocycles. The Balaban J connectivity index is 1.79. The van der Waals surface area contributed by atoms with Crippen LogP contribution in [0.1, 0.15) is 34.9 Å². The van der Waals surface area contributed by atoms with Gasteiger partial charge in [-0.3, -0.25) is 4.79 Å². The number of carbonyl (C=O) groups is 1. The van der Waals surface area contributed by atoms with Crippen molar-refractivity contribution in [3.8, 4) is 5.75 Å². The molecular formula is C20H19BrN2O4S. The van der Waals surface area contributed by atoms with E-state index < -0.39 is 12.1 Å². The lowest BCUT2D eigenvalue weighted by atomic mass is 10.2. The van der Waals surface area contributed by atoms with Crippen molar-refractivity contribution in [3.63, 3.8) is 0 Å². The number of aryl methyl sites for hydroxylation is 2. The van der Waals surface area contributed by atoms with Crippen molar-refractivity contribution < 1.29 is 14.3 Å². The van der Waals surface area contributed by atoms with Crippen molar-refractivity contribution in [2.75, 3.05) is 7.11 Å². The van der Waals surface area contributed by atoms with Crippen LogP contribution in [0.25, 0.3) is 16.3 Å². The first-order valence-electron chi connectivity index (χ1n) is 8.52. The standard InChI is InChI=1S/C20H19BrN2O4S/c1-10-12(3)28-20-17(10)19(25)22-18(23-20)11(2)27-16(24)8-5-13-9-14(21)6-7-15(13)26-4/h5-9,11H,1-4H3,(H,22,23,25)/b8-5+. The van der Waals surface area contributed by atoms with Gasteiger partial charge in [-0.1, -0.05) is 15.9 Å². The van der Waals surface area contributed by atoms with Crippen LogP contribution in [0.2, 0.25) is 0 Å². The molecule has 8 heteroatoms. The zero-order valence-electron chi connectivity index (χ0n) is 15.8. The predicted molar refractivity (Wildman–Crippen MR) is 114 cm³/mol. The quantitative estimate of drug-likeness (QED) is 0.439. The van der Waals surface area contributed by atoms with Gasteiger partial charge in [0.25, 0.3) is 5.56 Å². The number of thiophene rings is 1. The zero-order valence-corrected chi connectivity index (χ0v) is 18.2. The average molecular weight is 463 g/mol. The van der Waals surface area contributed by atoms with E-state index in [1.807, 2.05) is 26.0 Å². The van der Waals surface area contributed by atoms with Gasteiger partial charge in [-0.25, -0.2) is 9.78 Å². The highest BCUT2D eigenvalue weighted by Gasteiger charge is 2.17. The van der Waals surface area contributed by atoms with Crippen LogP contribution in [0.3, 0.4) is 0 Å². The van der Waals surface area contributed by atoms with Gasteiger partial charge < -0.3 is 14.5 Å². The Morgan fingerprint density at radius 3 is 2.82 bits per heavy atom. The maximum Gasteiger partial charge on any atom is 0.331 e. The topological polar surface area (TPSA) is 81.3 Å². The number of ether oxygens (including phenoxy) is 2. The molecule has 28 heavy (non-hydrogen) atoms. The minimum Gasteiger partial charge on any atom is -0.496 e. The number of nitrogens with one attached hydrogen (secondary N) is 1. The molecule has 0 aliphatic heterocycles. The van der Waals surface area contributed by atoms with Crippen LogP contribution in [0, 0.1) is 13.8 Å². The Bertz CT molecular complexity index is 1130. The minimum atomic E-state index is -0.693. The molecule has 0 amide bonds. The number of hydrogen-bond donors (Lipinski definition) is 1. The fourth-order valence-electron chi connectivity index (χ4n) is 2.73. The molecule has 1 unspecified atom stereocenters. The van der Waals surface area contributed by atoms with Crippen molar-refractivity contribution in [2.24, 2.45) is 0 Å². The molecule has 0 saturated carbocycles. The van der Waals surface area contributed by atoms with Crippen LogP contribution in [-0.4, -0.2) is 23.0 Å². The Labute approximate surface area is 174 Å². The van der Waals surface area contributed by atoms with E-state index in [2.05, 4.69) is 25.9 Å². The van der Waals surface area contributed by atoms with Crippen molar-refractivity contribution in [2.45, 2.75) is 26.9 Å². The Morgan fingerprint density at radius 2 is 2.11 bits per heavy atom. The van der Waals surface area contributed by atoms with E-state index in [0.717, 1.165) is 20.5 Å². The minimum absolute atomic E-state index is 0.223. The molecule has 2 aromatic heterocycles. The van der Waals surface area contributed by atoms with Gasteiger partial charge in [-0.2, -0.15) is 0 Å². The first-order chi connectivity index (χ1) is 13.3. The number of carbonyl (C=O) groups excluding carboxylic acids is 1. The monoisotopic (exact) mass is 462 g/mol. The second kappa shape index (κ2) is 8.28. The Hall–Kier alpha value is -2.45. The zero-order chi connectivity index (χ0) is 20.4. The van der Waals surface area contributed by atoms with Crippen LogP contribution in [0.5, 0.6) is 5.75 Å². The van der Waals surface area contributed by atoms with Crippen molar-refractivity contribution >= 4 is 49.5 Å². The number of aromatic amines is 1. The third kappa shape index (κ3) is 4.18. The maximum absolute atomic E-state index is 12.4. The van der Waals surface area contributed by atoms with Gasteiger partial charge >= 0.3 is 5.97 Å². The van der Waals surface area contributed by atoms with Gasteiger partial charge in [-0.05, 0) is 50.6 Å². The van der Waals surface area contributed by atoms with Gasteiger partial charge in [0.1, 0.15) is 10.6 Å². The second-order valence-corrected chi connectivity index (χ2v) is 8.33. The molecule has 1 aromatic carbocycles. The third-order valence-corrected chi connectivity index (χ3v) is 5.92. The fraction of sp³-hybridized carbons (Fsp3) is 0.250. The third-order valence-electron chi connectivity index (χ3n) is 4.33. The van der Waals surface area contributed by atoms with Gasteiger partial charge in [0.05, 0.1) is 12.5 Å². The van der Waals surface area contributed by atoms with E-state index in [0.29, 0.717) is 21.8 Å². The lowest BCUT2D eigenvalue weighted by molar-refractivity contribution is -0.142. The number of fused-ring (bicyclic) bond motifs is 1. The number of rotatable bonds is 5. The first-order valence-corrected chi connectivity index (χ1v) is 10.1. The van der Waals surface area contributed by atoms with Crippen molar-refractivity contribution in [1.82, 2.24) is 9.97 Å². The van der Waals surface area contributed by atoms with E-state index in [1.165, 1.54) is 17.4 Å². The summed E-state index contributed by atoms with van der Waals surface area (Å²) in [6, 6.07) is 5.48. The van der Waals surface area contributed by atoms with Crippen LogP contribution in [0.4, 0.5) is 0 Å². The Kier molecular flexibility index (Phi) is 6.00. The summed E-state index contributed by atoms with van der Waals surface area (Å²) in [5.74, 6) is 0.413. The summed E-state index contributed by atoms with van der Waals surface area (Å²) in [6.45, 7) is 5.52. The first kappa shape index (κ1) is 20.3. The number of methoxy groups -OCH3 is 1. The van der Waals surface area contributed by atoms with Crippen LogP contribution in [0.15, 0.2) is 33.5 Å². The largest absolute Gasteiger partial charge is 0.496 e. The predicted octanol–water partition coefficient (Wildman–Crippen LogP) is 4.69. The summed E-state index contributed by atoms with van der Waals surface area (Å²) in [7, 11) is 1.56. The number of benzene rings is 1. The summed E-state index contributed by atoms with van der Waals surface area (Å²) < 4.78 is 11.5. The van der Waals surface area contributed by atoms with Gasteiger partial charge in [0, 0.05) is 21.0 Å². The molecule has 0 aliphatic carbocycles. The molecule has 0 fully saturated rings. The summed E-state index contributed by atoms with van der Waals surface area (Å²) in [6.07, 6.45) is 2.24. The molecule has 1 N–H and O–H groups in total. The van der Waals surface area contributed by atoms with Crippen LogP contribution in [-0.2, 0) is 9.53 Å². The summed E-state index contributed by atoms with van der Waals surface area (Å²) in [5, 5.41) is 0.589. The average Bonchev–Trinajstić information content (AvgIpc) is 2.94. The molecule has 2 heterocycles. The number of H-pyrrole nitrogens is 1. The van der Waals surface area contributed by atoms with E-state index in [9.17, 15) is 9.59 Å². The Morgan fingerprint density at radius 1 is 1.36 bits per heavy atom. The van der Waals surface area contributed by atoms with Crippen LogP contribution < -0.4 is 10.3 Å². The second-order valence-electron chi connectivity index (χ2n) is 6.21. The highest BCUT2D eigenvalue weighted by atomic mass is 79.9. The normalized spacial score (nSPS) is 12.5. The van der Waals surface area contributed by atoms with Crippen molar-refractivity contribution in [3.05, 3.63) is 60.9 Å². The molecule has 1 atom stereocenters. The number of aromatic nitrogens is 2. The number of esters is 1. The molecule has 0 bridgehead atoms.